The topological polar surface area (TPSA) is 46.6 Å². The number of nitrogens with zero attached hydrogens (tertiary/aromatic N) is 1. The van der Waals surface area contributed by atoms with E-state index in [1.807, 2.05) is 30.3 Å². The van der Waals surface area contributed by atoms with Crippen LogP contribution in [0.5, 0.6) is 0 Å². The average Bonchev–Trinajstić information content (AvgIpc) is 2.89. The summed E-state index contributed by atoms with van der Waals surface area (Å²) >= 11 is 12.5. The first-order valence-electron chi connectivity index (χ1n) is 8.25. The largest absolute Gasteiger partial charge is 0.465 e. The Morgan fingerprint density at radius 2 is 1.70 bits per heavy atom. The minimum absolute atomic E-state index is 0.213. The maximum atomic E-state index is 13.1. The Balaban J connectivity index is 2.09. The van der Waals surface area contributed by atoms with Crippen molar-refractivity contribution in [3.8, 4) is 0 Å². The third-order valence-electron chi connectivity index (χ3n) is 4.37. The molecule has 1 aliphatic rings. The molecular formula is C21H17Cl2NO3. The lowest BCUT2D eigenvalue weighted by Crippen LogP contribution is -2.24. The second-order valence-electron chi connectivity index (χ2n) is 6.02. The highest BCUT2D eigenvalue weighted by atomic mass is 35.5. The zero-order valence-electron chi connectivity index (χ0n) is 14.8. The Hall–Kier alpha value is -2.56. The number of carbonyl (C=O) groups is 2. The van der Waals surface area contributed by atoms with Gasteiger partial charge in [-0.15, -0.1) is 0 Å². The molecule has 0 saturated carbocycles. The first-order valence-corrected chi connectivity index (χ1v) is 9.00. The molecule has 0 unspecified atom stereocenters. The summed E-state index contributed by atoms with van der Waals surface area (Å²) in [6, 6.07) is 14.6. The number of hydrogen-bond acceptors (Lipinski definition) is 3. The number of halogens is 2. The lowest BCUT2D eigenvalue weighted by atomic mass is 10.0. The molecule has 0 fully saturated rings. The quantitative estimate of drug-likeness (QED) is 0.542. The first-order chi connectivity index (χ1) is 12.9. The van der Waals surface area contributed by atoms with Crippen molar-refractivity contribution < 1.29 is 14.3 Å². The smallest absolute Gasteiger partial charge is 0.340 e. The van der Waals surface area contributed by atoms with E-state index < -0.39 is 5.97 Å². The number of allylic oxidation sites excluding steroid dienone is 1. The molecule has 0 aromatic heterocycles. The SMILES string of the molecule is COC(=O)C1=C(C)N(Cc2ccccc2)C(=O)/C1=C\c1c(Cl)cccc1Cl. The Labute approximate surface area is 167 Å². The van der Waals surface area contributed by atoms with Gasteiger partial charge in [0.25, 0.3) is 5.91 Å². The minimum Gasteiger partial charge on any atom is -0.465 e. The molecule has 6 heteroatoms. The van der Waals surface area contributed by atoms with E-state index in [9.17, 15) is 9.59 Å². The van der Waals surface area contributed by atoms with E-state index in [0.29, 0.717) is 27.9 Å². The van der Waals surface area contributed by atoms with E-state index >= 15 is 0 Å². The molecular weight excluding hydrogens is 385 g/mol. The van der Waals surface area contributed by atoms with Crippen LogP contribution in [0.4, 0.5) is 0 Å². The van der Waals surface area contributed by atoms with Gasteiger partial charge >= 0.3 is 5.97 Å². The molecule has 138 valence electrons. The van der Waals surface area contributed by atoms with Crippen molar-refractivity contribution in [3.05, 3.63) is 86.5 Å². The van der Waals surface area contributed by atoms with Crippen molar-refractivity contribution in [2.45, 2.75) is 13.5 Å². The van der Waals surface area contributed by atoms with Crippen molar-refractivity contribution in [2.24, 2.45) is 0 Å². The summed E-state index contributed by atoms with van der Waals surface area (Å²) in [6.45, 7) is 2.07. The molecule has 0 N–H and O–H groups in total. The Kier molecular flexibility index (Phi) is 5.68. The highest BCUT2D eigenvalue weighted by molar-refractivity contribution is 6.37. The predicted octanol–water partition coefficient (Wildman–Crippen LogP) is 4.87. The van der Waals surface area contributed by atoms with E-state index in [1.165, 1.54) is 7.11 Å². The van der Waals surface area contributed by atoms with Crippen LogP contribution in [0.15, 0.2) is 65.4 Å². The summed E-state index contributed by atoms with van der Waals surface area (Å²) in [7, 11) is 1.28. The molecule has 3 rings (SSSR count). The third-order valence-corrected chi connectivity index (χ3v) is 5.03. The summed E-state index contributed by atoms with van der Waals surface area (Å²) in [5, 5.41) is 0.789. The lowest BCUT2D eigenvalue weighted by Gasteiger charge is -2.17. The minimum atomic E-state index is -0.578. The standard InChI is InChI=1S/C21H17Cl2NO3/c1-13-19(21(26)27-2)16(11-15-17(22)9-6-10-18(15)23)20(25)24(13)12-14-7-4-3-5-8-14/h3-11H,12H2,1-2H3/b16-11-. The lowest BCUT2D eigenvalue weighted by molar-refractivity contribution is -0.136. The van der Waals surface area contributed by atoms with Gasteiger partial charge in [-0.3, -0.25) is 4.79 Å². The van der Waals surface area contributed by atoms with E-state index in [0.717, 1.165) is 5.56 Å². The summed E-state index contributed by atoms with van der Waals surface area (Å²) in [4.78, 5) is 27.0. The fourth-order valence-corrected chi connectivity index (χ4v) is 3.48. The van der Waals surface area contributed by atoms with Gasteiger partial charge in [0, 0.05) is 21.3 Å². The second-order valence-corrected chi connectivity index (χ2v) is 6.84. The maximum Gasteiger partial charge on any atom is 0.340 e. The second kappa shape index (κ2) is 7.99. The molecule has 4 nitrogen and oxygen atoms in total. The molecule has 0 spiro atoms. The van der Waals surface area contributed by atoms with Gasteiger partial charge in [-0.2, -0.15) is 0 Å². The molecule has 2 aromatic rings. The van der Waals surface area contributed by atoms with E-state index in [4.69, 9.17) is 27.9 Å². The van der Waals surface area contributed by atoms with Gasteiger partial charge in [0.15, 0.2) is 0 Å². The summed E-state index contributed by atoms with van der Waals surface area (Å²) < 4.78 is 4.90. The number of methoxy groups -OCH3 is 1. The normalized spacial score (nSPS) is 15.6. The van der Waals surface area contributed by atoms with Crippen molar-refractivity contribution >= 4 is 41.2 Å². The van der Waals surface area contributed by atoms with Gasteiger partial charge in [-0.25, -0.2) is 4.79 Å². The van der Waals surface area contributed by atoms with Crippen LogP contribution in [0.25, 0.3) is 6.08 Å². The summed E-state index contributed by atoms with van der Waals surface area (Å²) in [5.74, 6) is -0.876. The van der Waals surface area contributed by atoms with E-state index in [2.05, 4.69) is 0 Å². The highest BCUT2D eigenvalue weighted by Crippen LogP contribution is 2.35. The Morgan fingerprint density at radius 1 is 1.07 bits per heavy atom. The number of amides is 1. The summed E-state index contributed by atoms with van der Waals surface area (Å²) in [6.07, 6.45) is 1.55. The van der Waals surface area contributed by atoms with Gasteiger partial charge < -0.3 is 9.64 Å². The number of carbonyl (C=O) groups excluding carboxylic acids is 2. The highest BCUT2D eigenvalue weighted by Gasteiger charge is 2.37. The van der Waals surface area contributed by atoms with Gasteiger partial charge in [0.05, 0.1) is 24.8 Å². The van der Waals surface area contributed by atoms with Crippen LogP contribution in [-0.2, 0) is 20.9 Å². The van der Waals surface area contributed by atoms with Crippen molar-refractivity contribution in [1.82, 2.24) is 4.90 Å². The molecule has 2 aromatic carbocycles. The zero-order chi connectivity index (χ0) is 19.6. The number of benzene rings is 2. The van der Waals surface area contributed by atoms with Crippen LogP contribution in [0, 0.1) is 0 Å². The van der Waals surface area contributed by atoms with Crippen LogP contribution in [0.2, 0.25) is 10.0 Å². The maximum absolute atomic E-state index is 13.1. The molecule has 1 aliphatic heterocycles. The van der Waals surface area contributed by atoms with Crippen LogP contribution < -0.4 is 0 Å². The third kappa shape index (κ3) is 3.77. The van der Waals surface area contributed by atoms with Gasteiger partial charge in [0.2, 0.25) is 0 Å². The number of rotatable bonds is 4. The van der Waals surface area contributed by atoms with Crippen LogP contribution >= 0.6 is 23.2 Å². The molecule has 0 bridgehead atoms. The predicted molar refractivity (Wildman–Crippen MR) is 106 cm³/mol. The Bertz CT molecular complexity index is 944. The van der Waals surface area contributed by atoms with E-state index in [1.54, 1.807) is 36.1 Å². The molecule has 0 radical (unpaired) electrons. The Morgan fingerprint density at radius 3 is 2.30 bits per heavy atom. The van der Waals surface area contributed by atoms with Gasteiger partial charge in [-0.05, 0) is 30.7 Å². The fraction of sp³-hybridized carbons (Fsp3) is 0.143. The molecule has 1 heterocycles. The molecule has 0 saturated heterocycles. The summed E-state index contributed by atoms with van der Waals surface area (Å²) in [5.41, 5.74) is 2.40. The molecule has 0 aliphatic carbocycles. The van der Waals surface area contributed by atoms with E-state index in [-0.39, 0.29) is 17.1 Å². The van der Waals surface area contributed by atoms with Crippen molar-refractivity contribution in [1.29, 1.82) is 0 Å². The van der Waals surface area contributed by atoms with Crippen LogP contribution in [0.1, 0.15) is 18.1 Å². The average molecular weight is 402 g/mol. The van der Waals surface area contributed by atoms with Crippen LogP contribution in [-0.4, -0.2) is 23.9 Å². The number of ether oxygens (including phenoxy) is 1. The van der Waals surface area contributed by atoms with Gasteiger partial charge in [-0.1, -0.05) is 59.6 Å². The van der Waals surface area contributed by atoms with Gasteiger partial charge in [0.1, 0.15) is 0 Å². The van der Waals surface area contributed by atoms with Crippen molar-refractivity contribution in [3.63, 3.8) is 0 Å². The zero-order valence-corrected chi connectivity index (χ0v) is 16.3. The fourth-order valence-electron chi connectivity index (χ4n) is 2.98. The number of esters is 1. The monoisotopic (exact) mass is 401 g/mol. The molecule has 0 atom stereocenters. The van der Waals surface area contributed by atoms with Crippen molar-refractivity contribution in [2.75, 3.05) is 7.11 Å². The van der Waals surface area contributed by atoms with Crippen LogP contribution in [0.3, 0.4) is 0 Å². The number of hydrogen-bond donors (Lipinski definition) is 0. The molecule has 1 amide bonds. The molecule has 27 heavy (non-hydrogen) atoms. The first kappa shape index (κ1) is 19.2.